The Morgan fingerprint density at radius 3 is 1.94 bits per heavy atom. The van der Waals surface area contributed by atoms with Crippen LogP contribution in [0.15, 0.2) is 0 Å². The molecule has 2 rings (SSSR count). The highest BCUT2D eigenvalue weighted by molar-refractivity contribution is 6.18. The van der Waals surface area contributed by atoms with Crippen LogP contribution in [0.1, 0.15) is 45.3 Å². The summed E-state index contributed by atoms with van der Waals surface area (Å²) in [6.07, 6.45) is -6.26. The summed E-state index contributed by atoms with van der Waals surface area (Å²) < 4.78 is 28.4. The van der Waals surface area contributed by atoms with Gasteiger partial charge in [-0.1, -0.05) is 5.21 Å². The maximum atomic E-state index is 11.9. The number of hydrogen-bond acceptors (Lipinski definition) is 11. The summed E-state index contributed by atoms with van der Waals surface area (Å²) in [5, 5.41) is 7.94. The van der Waals surface area contributed by atoms with E-state index in [1.165, 1.54) is 11.6 Å². The number of halogens is 2. The Morgan fingerprint density at radius 1 is 0.875 bits per heavy atom. The van der Waals surface area contributed by atoms with Crippen molar-refractivity contribution in [3.63, 3.8) is 0 Å². The van der Waals surface area contributed by atoms with Gasteiger partial charge in [-0.05, 0) is 0 Å². The van der Waals surface area contributed by atoms with Gasteiger partial charge in [0.1, 0.15) is 18.4 Å². The molecule has 14 heteroatoms. The Hall–Kier alpha value is -2.44. The molecule has 1 fully saturated rings. The molecule has 178 valence electrons. The third-order valence-corrected chi connectivity index (χ3v) is 4.84. The van der Waals surface area contributed by atoms with Gasteiger partial charge in [0.25, 0.3) is 0 Å². The number of alkyl halides is 2. The van der Waals surface area contributed by atoms with Crippen molar-refractivity contribution >= 4 is 47.1 Å². The minimum absolute atomic E-state index is 0.00662. The third-order valence-electron chi connectivity index (χ3n) is 4.33. The van der Waals surface area contributed by atoms with Gasteiger partial charge in [-0.2, -0.15) is 0 Å². The molecule has 1 aliphatic heterocycles. The molecular formula is C18H23Cl2N3O9. The molecule has 32 heavy (non-hydrogen) atoms. The van der Waals surface area contributed by atoms with Crippen LogP contribution in [0.4, 0.5) is 0 Å². The minimum Gasteiger partial charge on any atom is -0.463 e. The number of rotatable bonds is 8. The van der Waals surface area contributed by atoms with Gasteiger partial charge in [-0.25, -0.2) is 4.68 Å². The molecule has 5 atom stereocenters. The van der Waals surface area contributed by atoms with Crippen molar-refractivity contribution in [2.45, 2.75) is 70.1 Å². The van der Waals surface area contributed by atoms with Crippen LogP contribution in [0.25, 0.3) is 0 Å². The topological polar surface area (TPSA) is 145 Å². The molecule has 0 saturated carbocycles. The van der Waals surface area contributed by atoms with Crippen LogP contribution in [-0.2, 0) is 54.6 Å². The Bertz CT molecular complexity index is 863. The average molecular weight is 496 g/mol. The number of carbonyl (C=O) groups excluding carboxylic acids is 4. The first-order valence-corrected chi connectivity index (χ1v) is 10.5. The molecule has 12 nitrogen and oxygen atoms in total. The van der Waals surface area contributed by atoms with Crippen molar-refractivity contribution in [3.05, 3.63) is 11.4 Å². The van der Waals surface area contributed by atoms with Gasteiger partial charge < -0.3 is 23.7 Å². The van der Waals surface area contributed by atoms with Gasteiger partial charge in [0.2, 0.25) is 0 Å². The van der Waals surface area contributed by atoms with E-state index in [2.05, 4.69) is 10.3 Å². The molecule has 0 unspecified atom stereocenters. The van der Waals surface area contributed by atoms with Crippen molar-refractivity contribution in [2.75, 3.05) is 6.61 Å². The van der Waals surface area contributed by atoms with Crippen molar-refractivity contribution in [1.29, 1.82) is 0 Å². The molecule has 0 bridgehead atoms. The second-order valence-corrected chi connectivity index (χ2v) is 7.32. The Morgan fingerprint density at radius 2 is 1.44 bits per heavy atom. The molecule has 0 amide bonds. The number of ether oxygens (including phenoxy) is 5. The zero-order chi connectivity index (χ0) is 24.0. The molecule has 0 radical (unpaired) electrons. The summed E-state index contributed by atoms with van der Waals surface area (Å²) in [6.45, 7) is 4.23. The van der Waals surface area contributed by atoms with Crippen LogP contribution in [0.3, 0.4) is 0 Å². The average Bonchev–Trinajstić information content (AvgIpc) is 3.11. The summed E-state index contributed by atoms with van der Waals surface area (Å²) in [4.78, 5) is 46.9. The van der Waals surface area contributed by atoms with E-state index in [-0.39, 0.29) is 18.4 Å². The van der Waals surface area contributed by atoms with Crippen molar-refractivity contribution < 1.29 is 42.9 Å². The Labute approximate surface area is 193 Å². The maximum absolute atomic E-state index is 11.9. The zero-order valence-electron chi connectivity index (χ0n) is 17.8. The van der Waals surface area contributed by atoms with E-state index in [4.69, 9.17) is 46.9 Å². The van der Waals surface area contributed by atoms with Crippen molar-refractivity contribution in [2.24, 2.45) is 0 Å². The molecule has 2 heterocycles. The lowest BCUT2D eigenvalue weighted by Gasteiger charge is -2.44. The first-order valence-electron chi connectivity index (χ1n) is 9.44. The van der Waals surface area contributed by atoms with Crippen LogP contribution >= 0.6 is 23.2 Å². The molecule has 1 aromatic rings. The van der Waals surface area contributed by atoms with E-state index >= 15 is 0 Å². The summed E-state index contributed by atoms with van der Waals surface area (Å²) in [6, 6.07) is 0. The minimum atomic E-state index is -1.33. The quantitative estimate of drug-likeness (QED) is 0.289. The molecule has 1 saturated heterocycles. The van der Waals surface area contributed by atoms with Crippen LogP contribution in [0.5, 0.6) is 0 Å². The smallest absolute Gasteiger partial charge is 0.303 e. The molecule has 0 aromatic carbocycles. The van der Waals surface area contributed by atoms with Gasteiger partial charge in [0, 0.05) is 27.7 Å². The highest BCUT2D eigenvalue weighted by Crippen LogP contribution is 2.35. The lowest BCUT2D eigenvalue weighted by atomic mass is 9.97. The van der Waals surface area contributed by atoms with Gasteiger partial charge in [-0.3, -0.25) is 19.2 Å². The van der Waals surface area contributed by atoms with Gasteiger partial charge in [-0.15, -0.1) is 28.3 Å². The molecule has 0 aliphatic carbocycles. The second-order valence-electron chi connectivity index (χ2n) is 6.78. The van der Waals surface area contributed by atoms with Crippen molar-refractivity contribution in [1.82, 2.24) is 15.0 Å². The summed E-state index contributed by atoms with van der Waals surface area (Å²) in [5.41, 5.74) is 0.720. The fraction of sp³-hybridized carbons (Fsp3) is 0.667. The summed E-state index contributed by atoms with van der Waals surface area (Å²) in [7, 11) is 0. The highest BCUT2D eigenvalue weighted by atomic mass is 35.5. The van der Waals surface area contributed by atoms with Gasteiger partial charge >= 0.3 is 23.9 Å². The predicted octanol–water partition coefficient (Wildman–Crippen LogP) is 1.01. The van der Waals surface area contributed by atoms with E-state index < -0.39 is 54.5 Å². The molecule has 0 N–H and O–H groups in total. The first kappa shape index (κ1) is 25.8. The molecular weight excluding hydrogens is 473 g/mol. The molecule has 0 spiro atoms. The number of carbonyl (C=O) groups is 4. The third kappa shape index (κ3) is 6.30. The van der Waals surface area contributed by atoms with E-state index in [0.717, 1.165) is 20.8 Å². The normalized spacial score (nSPS) is 25.0. The monoisotopic (exact) mass is 495 g/mol. The van der Waals surface area contributed by atoms with Crippen LogP contribution in [-0.4, -0.2) is 69.9 Å². The highest BCUT2D eigenvalue weighted by Gasteiger charge is 2.53. The Balaban J connectivity index is 2.60. The summed E-state index contributed by atoms with van der Waals surface area (Å²) >= 11 is 11.9. The SMILES string of the molecule is CC(=O)OC[C@@H]1O[C@@H](n2nnc(CCl)c2CCl)[C@@H](OC(C)=O)[C@@H](OC(C)=O)[C@@H]1OC(C)=O. The van der Waals surface area contributed by atoms with Crippen LogP contribution < -0.4 is 0 Å². The standard InChI is InChI=1S/C18H23Cl2N3O9/c1-8(24)28-7-14-15(29-9(2)25)16(30-10(3)26)17(31-11(4)27)18(32-14)23-13(6-20)12(5-19)21-22-23/h14-18H,5-7H2,1-4H3/t14-,15+,16-,17-,18+/m0/s1. The predicted molar refractivity (Wildman–Crippen MR) is 106 cm³/mol. The second kappa shape index (κ2) is 11.4. The fourth-order valence-corrected chi connectivity index (χ4v) is 3.68. The number of nitrogens with zero attached hydrogens (tertiary/aromatic N) is 3. The Kier molecular flexibility index (Phi) is 9.22. The maximum Gasteiger partial charge on any atom is 0.303 e. The lowest BCUT2D eigenvalue weighted by Crippen LogP contribution is -2.60. The molecule has 1 aliphatic rings. The van der Waals surface area contributed by atoms with E-state index in [1.807, 2.05) is 0 Å². The summed E-state index contributed by atoms with van der Waals surface area (Å²) in [5.74, 6) is -2.89. The number of hydrogen-bond donors (Lipinski definition) is 0. The number of aromatic nitrogens is 3. The van der Waals surface area contributed by atoms with Gasteiger partial charge in [0.15, 0.2) is 24.5 Å². The fourth-order valence-electron chi connectivity index (χ4n) is 3.20. The van der Waals surface area contributed by atoms with E-state index in [0.29, 0.717) is 11.4 Å². The van der Waals surface area contributed by atoms with Crippen LogP contribution in [0.2, 0.25) is 0 Å². The van der Waals surface area contributed by atoms with Crippen molar-refractivity contribution in [3.8, 4) is 0 Å². The first-order chi connectivity index (χ1) is 15.1. The van der Waals surface area contributed by atoms with Crippen LogP contribution in [0, 0.1) is 0 Å². The number of esters is 4. The largest absolute Gasteiger partial charge is 0.463 e. The lowest BCUT2D eigenvalue weighted by molar-refractivity contribution is -0.270. The zero-order valence-corrected chi connectivity index (χ0v) is 19.3. The van der Waals surface area contributed by atoms with E-state index in [9.17, 15) is 19.2 Å². The molecule has 1 aromatic heterocycles. The van der Waals surface area contributed by atoms with E-state index in [1.54, 1.807) is 0 Å². The van der Waals surface area contributed by atoms with Gasteiger partial charge in [0.05, 0.1) is 17.5 Å².